The molecule has 0 amide bonds. The van der Waals surface area contributed by atoms with Crippen LogP contribution in [0.2, 0.25) is 0 Å². The number of hydrogen-bond acceptors (Lipinski definition) is 3. The minimum Gasteiger partial charge on any atom is -0.380 e. The second-order valence-corrected chi connectivity index (χ2v) is 5.58. The van der Waals surface area contributed by atoms with Gasteiger partial charge in [0.2, 0.25) is 0 Å². The van der Waals surface area contributed by atoms with Gasteiger partial charge in [-0.2, -0.15) is 0 Å². The normalized spacial score (nSPS) is 20.8. The van der Waals surface area contributed by atoms with E-state index in [2.05, 4.69) is 36.9 Å². The molecule has 1 heterocycles. The van der Waals surface area contributed by atoms with Gasteiger partial charge in [0.05, 0.1) is 6.10 Å². The molecule has 2 atom stereocenters. The molecule has 0 aliphatic carbocycles. The lowest BCUT2D eigenvalue weighted by molar-refractivity contribution is 0.121. The van der Waals surface area contributed by atoms with Crippen molar-refractivity contribution in [3.63, 3.8) is 0 Å². The highest BCUT2D eigenvalue weighted by Gasteiger charge is 2.22. The fraction of sp³-hybridized carbons (Fsp3) is 0.625. The zero-order chi connectivity index (χ0) is 13.8. The van der Waals surface area contributed by atoms with Gasteiger partial charge in [0.15, 0.2) is 0 Å². The Bertz CT molecular complexity index is 419. The Morgan fingerprint density at radius 2 is 2.26 bits per heavy atom. The van der Waals surface area contributed by atoms with E-state index in [1.54, 1.807) is 7.11 Å². The molecule has 2 N–H and O–H groups in total. The molecule has 0 radical (unpaired) electrons. The SMILES string of the molecule is CCC(N)Cc1ccc(N2CCC(OC)C2)cc1C. The Morgan fingerprint density at radius 1 is 1.47 bits per heavy atom. The number of nitrogens with two attached hydrogens (primary N) is 1. The van der Waals surface area contributed by atoms with Crippen molar-refractivity contribution in [3.8, 4) is 0 Å². The second-order valence-electron chi connectivity index (χ2n) is 5.58. The van der Waals surface area contributed by atoms with Gasteiger partial charge in [0.1, 0.15) is 0 Å². The first-order valence-corrected chi connectivity index (χ1v) is 7.27. The molecular weight excluding hydrogens is 236 g/mol. The standard InChI is InChI=1S/C16H26N2O/c1-4-14(17)10-13-5-6-15(9-12(13)2)18-8-7-16(11-18)19-3/h5-6,9,14,16H,4,7-8,10-11,17H2,1-3H3. The van der Waals surface area contributed by atoms with E-state index in [-0.39, 0.29) is 6.04 Å². The third-order valence-electron chi connectivity index (χ3n) is 4.18. The molecule has 106 valence electrons. The quantitative estimate of drug-likeness (QED) is 0.886. The number of ether oxygens (including phenoxy) is 1. The van der Waals surface area contributed by atoms with E-state index in [0.717, 1.165) is 32.4 Å². The van der Waals surface area contributed by atoms with Gasteiger partial charge in [0, 0.05) is 31.9 Å². The largest absolute Gasteiger partial charge is 0.380 e. The summed E-state index contributed by atoms with van der Waals surface area (Å²) in [5.41, 5.74) is 10.1. The molecule has 1 aromatic rings. The zero-order valence-electron chi connectivity index (χ0n) is 12.4. The van der Waals surface area contributed by atoms with Gasteiger partial charge in [-0.25, -0.2) is 0 Å². The van der Waals surface area contributed by atoms with Gasteiger partial charge in [-0.15, -0.1) is 0 Å². The molecule has 0 aromatic heterocycles. The number of hydrogen-bond donors (Lipinski definition) is 1. The van der Waals surface area contributed by atoms with Crippen molar-refractivity contribution in [3.05, 3.63) is 29.3 Å². The maximum atomic E-state index is 6.04. The Labute approximate surface area is 116 Å². The van der Waals surface area contributed by atoms with Gasteiger partial charge in [0.25, 0.3) is 0 Å². The van der Waals surface area contributed by atoms with Crippen LogP contribution in [0.3, 0.4) is 0 Å². The lowest BCUT2D eigenvalue weighted by Crippen LogP contribution is -2.23. The van der Waals surface area contributed by atoms with E-state index >= 15 is 0 Å². The Balaban J connectivity index is 2.06. The number of rotatable bonds is 5. The summed E-state index contributed by atoms with van der Waals surface area (Å²) in [5, 5.41) is 0. The molecule has 0 bridgehead atoms. The van der Waals surface area contributed by atoms with Crippen molar-refractivity contribution in [2.24, 2.45) is 5.73 Å². The van der Waals surface area contributed by atoms with Crippen LogP contribution in [-0.2, 0) is 11.2 Å². The van der Waals surface area contributed by atoms with E-state index in [1.807, 2.05) is 0 Å². The number of anilines is 1. The van der Waals surface area contributed by atoms with Gasteiger partial charge in [-0.05, 0) is 49.4 Å². The molecule has 2 rings (SSSR count). The van der Waals surface area contributed by atoms with E-state index in [1.165, 1.54) is 16.8 Å². The van der Waals surface area contributed by atoms with E-state index in [9.17, 15) is 0 Å². The first-order chi connectivity index (χ1) is 9.13. The Morgan fingerprint density at radius 3 is 2.84 bits per heavy atom. The first-order valence-electron chi connectivity index (χ1n) is 7.27. The average molecular weight is 262 g/mol. The fourth-order valence-corrected chi connectivity index (χ4v) is 2.69. The molecule has 1 saturated heterocycles. The maximum Gasteiger partial charge on any atom is 0.0762 e. The van der Waals surface area contributed by atoms with Gasteiger partial charge < -0.3 is 15.4 Å². The summed E-state index contributed by atoms with van der Waals surface area (Å²) >= 11 is 0. The lowest BCUT2D eigenvalue weighted by Gasteiger charge is -2.20. The number of nitrogens with zero attached hydrogens (tertiary/aromatic N) is 1. The fourth-order valence-electron chi connectivity index (χ4n) is 2.69. The smallest absolute Gasteiger partial charge is 0.0762 e. The van der Waals surface area contributed by atoms with Gasteiger partial charge >= 0.3 is 0 Å². The van der Waals surface area contributed by atoms with Crippen molar-refractivity contribution < 1.29 is 4.74 Å². The van der Waals surface area contributed by atoms with Gasteiger partial charge in [-0.1, -0.05) is 13.0 Å². The summed E-state index contributed by atoms with van der Waals surface area (Å²) in [7, 11) is 1.80. The highest BCUT2D eigenvalue weighted by atomic mass is 16.5. The molecule has 1 aliphatic heterocycles. The van der Waals surface area contributed by atoms with Crippen molar-refractivity contribution in [1.82, 2.24) is 0 Å². The minimum atomic E-state index is 0.272. The lowest BCUT2D eigenvalue weighted by atomic mass is 9.99. The number of aryl methyl sites for hydroxylation is 1. The predicted octanol–water partition coefficient (Wildman–Crippen LogP) is 2.50. The van der Waals surface area contributed by atoms with Crippen LogP contribution in [0.1, 0.15) is 30.9 Å². The van der Waals surface area contributed by atoms with Crippen LogP contribution < -0.4 is 10.6 Å². The number of benzene rings is 1. The summed E-state index contributed by atoms with van der Waals surface area (Å²) in [6, 6.07) is 7.02. The molecule has 2 unspecified atom stereocenters. The van der Waals surface area contributed by atoms with E-state index in [0.29, 0.717) is 6.10 Å². The van der Waals surface area contributed by atoms with Crippen LogP contribution in [-0.4, -0.2) is 32.3 Å². The molecule has 1 aromatic carbocycles. The Hall–Kier alpha value is -1.06. The summed E-state index contributed by atoms with van der Waals surface area (Å²) in [4.78, 5) is 2.41. The summed E-state index contributed by atoms with van der Waals surface area (Å²) in [6.45, 7) is 6.42. The summed E-state index contributed by atoms with van der Waals surface area (Å²) < 4.78 is 5.43. The van der Waals surface area contributed by atoms with Crippen LogP contribution in [0.4, 0.5) is 5.69 Å². The van der Waals surface area contributed by atoms with Crippen molar-refractivity contribution in [2.45, 2.75) is 45.3 Å². The monoisotopic (exact) mass is 262 g/mol. The first kappa shape index (κ1) is 14.4. The average Bonchev–Trinajstić information content (AvgIpc) is 2.89. The third kappa shape index (κ3) is 3.48. The van der Waals surface area contributed by atoms with Crippen molar-refractivity contribution in [1.29, 1.82) is 0 Å². The molecule has 3 heteroatoms. The van der Waals surface area contributed by atoms with Crippen molar-refractivity contribution >= 4 is 5.69 Å². The molecule has 19 heavy (non-hydrogen) atoms. The van der Waals surface area contributed by atoms with Crippen LogP contribution in [0, 0.1) is 6.92 Å². The van der Waals surface area contributed by atoms with Crippen LogP contribution in [0.25, 0.3) is 0 Å². The minimum absolute atomic E-state index is 0.272. The van der Waals surface area contributed by atoms with E-state index in [4.69, 9.17) is 10.5 Å². The predicted molar refractivity (Wildman–Crippen MR) is 80.8 cm³/mol. The molecule has 1 aliphatic rings. The van der Waals surface area contributed by atoms with Gasteiger partial charge in [-0.3, -0.25) is 0 Å². The maximum absolute atomic E-state index is 6.04. The van der Waals surface area contributed by atoms with Crippen LogP contribution in [0.5, 0.6) is 0 Å². The molecule has 0 saturated carbocycles. The highest BCUT2D eigenvalue weighted by Crippen LogP contribution is 2.24. The summed E-state index contributed by atoms with van der Waals surface area (Å²) in [6.07, 6.45) is 3.51. The second kappa shape index (κ2) is 6.40. The van der Waals surface area contributed by atoms with Crippen molar-refractivity contribution in [2.75, 3.05) is 25.1 Å². The highest BCUT2D eigenvalue weighted by molar-refractivity contribution is 5.51. The molecule has 3 nitrogen and oxygen atoms in total. The molecule has 1 fully saturated rings. The zero-order valence-corrected chi connectivity index (χ0v) is 12.4. The van der Waals surface area contributed by atoms with Crippen LogP contribution in [0.15, 0.2) is 18.2 Å². The topological polar surface area (TPSA) is 38.5 Å². The van der Waals surface area contributed by atoms with Crippen LogP contribution >= 0.6 is 0 Å². The molecule has 0 spiro atoms. The number of methoxy groups -OCH3 is 1. The third-order valence-corrected chi connectivity index (χ3v) is 4.18. The van der Waals surface area contributed by atoms with E-state index < -0.39 is 0 Å². The molecular formula is C16H26N2O. The Kier molecular flexibility index (Phi) is 4.83. The summed E-state index contributed by atoms with van der Waals surface area (Å²) in [5.74, 6) is 0.